The molecule has 130 valence electrons. The first-order valence-electron chi connectivity index (χ1n) is 7.58. The van der Waals surface area contributed by atoms with E-state index in [2.05, 4.69) is 0 Å². The summed E-state index contributed by atoms with van der Waals surface area (Å²) in [6.07, 6.45) is 0.325. The number of nitrogens with zero attached hydrogens (tertiary/aromatic N) is 1. The van der Waals surface area contributed by atoms with Crippen LogP contribution in [0, 0.1) is 20.8 Å². The number of rotatable bonds is 5. The first-order valence-corrected chi connectivity index (χ1v) is 10.8. The van der Waals surface area contributed by atoms with E-state index in [9.17, 15) is 16.8 Å². The van der Waals surface area contributed by atoms with Crippen LogP contribution in [-0.2, 0) is 19.9 Å². The van der Waals surface area contributed by atoms with Crippen LogP contribution in [0.15, 0.2) is 17.0 Å². The van der Waals surface area contributed by atoms with Crippen LogP contribution in [0.2, 0.25) is 0 Å². The van der Waals surface area contributed by atoms with Crippen molar-refractivity contribution in [2.24, 2.45) is 5.73 Å². The molecule has 0 aromatic heterocycles. The fourth-order valence-electron chi connectivity index (χ4n) is 2.97. The van der Waals surface area contributed by atoms with Gasteiger partial charge in [-0.1, -0.05) is 6.07 Å². The monoisotopic (exact) mass is 360 g/mol. The average molecular weight is 361 g/mol. The molecule has 1 aromatic rings. The summed E-state index contributed by atoms with van der Waals surface area (Å²) in [6.45, 7) is 5.82. The lowest BCUT2D eigenvalue weighted by molar-refractivity contribution is 0.347. The molecule has 0 amide bonds. The van der Waals surface area contributed by atoms with Crippen molar-refractivity contribution in [3.05, 3.63) is 28.8 Å². The van der Waals surface area contributed by atoms with Gasteiger partial charge in [-0.05, 0) is 49.9 Å². The normalized spacial score (nSPS) is 21.0. The highest BCUT2D eigenvalue weighted by molar-refractivity contribution is 7.92. The summed E-state index contributed by atoms with van der Waals surface area (Å²) in [7, 11) is -6.95. The predicted molar refractivity (Wildman–Crippen MR) is 90.7 cm³/mol. The number of sulfone groups is 1. The predicted octanol–water partition coefficient (Wildman–Crippen LogP) is 0.748. The van der Waals surface area contributed by atoms with E-state index < -0.39 is 25.9 Å². The third-order valence-corrected chi connectivity index (χ3v) is 8.19. The van der Waals surface area contributed by atoms with Crippen LogP contribution in [0.4, 0.5) is 0 Å². The molecule has 0 bridgehead atoms. The van der Waals surface area contributed by atoms with Crippen LogP contribution in [0.25, 0.3) is 0 Å². The number of aryl methyl sites for hydroxylation is 3. The van der Waals surface area contributed by atoms with Crippen molar-refractivity contribution in [1.29, 1.82) is 0 Å². The van der Waals surface area contributed by atoms with Gasteiger partial charge in [0.1, 0.15) is 0 Å². The van der Waals surface area contributed by atoms with Crippen molar-refractivity contribution in [2.45, 2.75) is 38.1 Å². The lowest BCUT2D eigenvalue weighted by Crippen LogP contribution is -2.44. The Balaban J connectivity index is 2.48. The van der Waals surface area contributed by atoms with E-state index >= 15 is 0 Å². The zero-order valence-electron chi connectivity index (χ0n) is 13.7. The molecule has 1 atom stereocenters. The molecular weight excluding hydrogens is 336 g/mol. The molecule has 1 aliphatic rings. The summed E-state index contributed by atoms with van der Waals surface area (Å²) in [4.78, 5) is 0.235. The zero-order valence-corrected chi connectivity index (χ0v) is 15.4. The van der Waals surface area contributed by atoms with Crippen molar-refractivity contribution in [1.82, 2.24) is 4.31 Å². The fraction of sp³-hybridized carbons (Fsp3) is 0.600. The fourth-order valence-corrected chi connectivity index (χ4v) is 6.75. The van der Waals surface area contributed by atoms with Crippen molar-refractivity contribution < 1.29 is 16.8 Å². The van der Waals surface area contributed by atoms with E-state index in [-0.39, 0.29) is 29.5 Å². The van der Waals surface area contributed by atoms with E-state index in [1.165, 1.54) is 4.31 Å². The summed E-state index contributed by atoms with van der Waals surface area (Å²) < 4.78 is 50.9. The first-order chi connectivity index (χ1) is 10.6. The highest BCUT2D eigenvalue weighted by Gasteiger charge is 2.38. The van der Waals surface area contributed by atoms with Gasteiger partial charge in [0.25, 0.3) is 0 Å². The van der Waals surface area contributed by atoms with E-state index in [0.717, 1.165) is 11.1 Å². The molecular formula is C15H24N2O4S2. The first kappa shape index (κ1) is 18.4. The molecule has 2 N–H and O–H groups in total. The lowest BCUT2D eigenvalue weighted by atomic mass is 10.1. The minimum atomic E-state index is -3.78. The Bertz CT molecular complexity index is 801. The number of benzene rings is 1. The highest BCUT2D eigenvalue weighted by Crippen LogP contribution is 2.28. The van der Waals surface area contributed by atoms with Crippen LogP contribution < -0.4 is 5.73 Å². The van der Waals surface area contributed by atoms with Crippen LogP contribution in [0.5, 0.6) is 0 Å². The van der Waals surface area contributed by atoms with Gasteiger partial charge in [-0.2, -0.15) is 4.31 Å². The molecule has 0 spiro atoms. The van der Waals surface area contributed by atoms with Gasteiger partial charge in [0.15, 0.2) is 9.84 Å². The van der Waals surface area contributed by atoms with E-state index in [0.29, 0.717) is 12.0 Å². The molecule has 1 fully saturated rings. The third-order valence-electron chi connectivity index (χ3n) is 4.34. The Morgan fingerprint density at radius 1 is 1.17 bits per heavy atom. The zero-order chi connectivity index (χ0) is 17.4. The second-order valence-electron chi connectivity index (χ2n) is 6.16. The smallest absolute Gasteiger partial charge is 0.243 e. The molecule has 6 nitrogen and oxygen atoms in total. The third kappa shape index (κ3) is 3.76. The largest absolute Gasteiger partial charge is 0.329 e. The van der Waals surface area contributed by atoms with Crippen molar-refractivity contribution in [2.75, 3.05) is 24.6 Å². The van der Waals surface area contributed by atoms with Crippen molar-refractivity contribution in [3.63, 3.8) is 0 Å². The highest BCUT2D eigenvalue weighted by atomic mass is 32.2. The molecule has 0 aliphatic carbocycles. The SMILES string of the molecule is Cc1cc(C)c(S(=O)(=O)N(CCN)[C@@H]2CCS(=O)(=O)C2)cc1C. The Morgan fingerprint density at radius 2 is 1.78 bits per heavy atom. The van der Waals surface area contributed by atoms with E-state index in [1.807, 2.05) is 19.9 Å². The Morgan fingerprint density at radius 3 is 2.30 bits per heavy atom. The second kappa shape index (κ2) is 6.51. The Hall–Kier alpha value is -0.960. The number of hydrogen-bond donors (Lipinski definition) is 1. The van der Waals surface area contributed by atoms with Crippen molar-refractivity contribution in [3.8, 4) is 0 Å². The molecule has 2 rings (SSSR count). The van der Waals surface area contributed by atoms with Crippen LogP contribution in [0.1, 0.15) is 23.1 Å². The van der Waals surface area contributed by atoms with Crippen LogP contribution in [0.3, 0.4) is 0 Å². The molecule has 0 unspecified atom stereocenters. The molecule has 0 radical (unpaired) electrons. The molecule has 1 aromatic carbocycles. The maximum atomic E-state index is 13.1. The van der Waals surface area contributed by atoms with Gasteiger partial charge in [0, 0.05) is 19.1 Å². The molecule has 1 saturated heterocycles. The summed E-state index contributed by atoms with van der Waals surface area (Å²) in [6, 6.07) is 2.97. The Labute approximate surface area is 138 Å². The second-order valence-corrected chi connectivity index (χ2v) is 10.3. The topological polar surface area (TPSA) is 97.5 Å². The summed E-state index contributed by atoms with van der Waals surface area (Å²) in [5.74, 6) is -0.101. The van der Waals surface area contributed by atoms with E-state index in [4.69, 9.17) is 5.73 Å². The molecule has 0 saturated carbocycles. The van der Waals surface area contributed by atoms with Crippen LogP contribution >= 0.6 is 0 Å². The van der Waals surface area contributed by atoms with Crippen molar-refractivity contribution >= 4 is 19.9 Å². The maximum Gasteiger partial charge on any atom is 0.243 e. The van der Waals surface area contributed by atoms with E-state index in [1.54, 1.807) is 13.0 Å². The van der Waals surface area contributed by atoms with Gasteiger partial charge in [-0.25, -0.2) is 16.8 Å². The quantitative estimate of drug-likeness (QED) is 0.835. The number of nitrogens with two attached hydrogens (primary N) is 1. The van der Waals surface area contributed by atoms with Crippen LogP contribution in [-0.4, -0.2) is 51.8 Å². The number of sulfonamides is 1. The van der Waals surface area contributed by atoms with Gasteiger partial charge in [-0.3, -0.25) is 0 Å². The average Bonchev–Trinajstić information content (AvgIpc) is 2.79. The minimum Gasteiger partial charge on any atom is -0.329 e. The van der Waals surface area contributed by atoms with Gasteiger partial charge >= 0.3 is 0 Å². The van der Waals surface area contributed by atoms with Gasteiger partial charge < -0.3 is 5.73 Å². The molecule has 1 aliphatic heterocycles. The maximum absolute atomic E-state index is 13.1. The lowest BCUT2D eigenvalue weighted by Gasteiger charge is -2.28. The van der Waals surface area contributed by atoms with Gasteiger partial charge in [-0.15, -0.1) is 0 Å². The summed E-state index contributed by atoms with van der Waals surface area (Å²) >= 11 is 0. The summed E-state index contributed by atoms with van der Waals surface area (Å²) in [5, 5.41) is 0. The molecule has 23 heavy (non-hydrogen) atoms. The van der Waals surface area contributed by atoms with Gasteiger partial charge in [0.05, 0.1) is 16.4 Å². The van der Waals surface area contributed by atoms with Gasteiger partial charge in [0.2, 0.25) is 10.0 Å². The Kier molecular flexibility index (Phi) is 5.20. The standard InChI is InChI=1S/C15H24N2O4S2/c1-11-8-13(3)15(9-12(11)2)23(20,21)17(6-5-16)14-4-7-22(18,19)10-14/h8-9,14H,4-7,10,16H2,1-3H3/t14-/m1/s1. The molecule has 8 heteroatoms. The number of hydrogen-bond acceptors (Lipinski definition) is 5. The minimum absolute atomic E-state index is 0.0279. The molecule has 1 heterocycles. The summed E-state index contributed by atoms with van der Waals surface area (Å²) in [5.41, 5.74) is 8.15.